The quantitative estimate of drug-likeness (QED) is 0.894. The summed E-state index contributed by atoms with van der Waals surface area (Å²) in [4.78, 5) is 26.9. The van der Waals surface area contributed by atoms with Gasteiger partial charge in [0.25, 0.3) is 11.8 Å². The first-order valence-electron chi connectivity index (χ1n) is 8.41. The Balaban J connectivity index is 1.52. The lowest BCUT2D eigenvalue weighted by atomic mass is 10.1. The number of rotatable bonds is 3. The zero-order chi connectivity index (χ0) is 18.1. The van der Waals surface area contributed by atoms with E-state index in [4.69, 9.17) is 21.1 Å². The second-order valence-electron chi connectivity index (χ2n) is 6.23. The molecule has 0 spiro atoms. The van der Waals surface area contributed by atoms with Crippen molar-refractivity contribution < 1.29 is 19.1 Å². The zero-order valence-electron chi connectivity index (χ0n) is 14.0. The Morgan fingerprint density at radius 2 is 1.85 bits per heavy atom. The van der Waals surface area contributed by atoms with Crippen LogP contribution in [0.1, 0.15) is 33.6 Å². The van der Waals surface area contributed by atoms with Crippen LogP contribution in [0.15, 0.2) is 36.4 Å². The number of carbonyl (C=O) groups is 2. The summed E-state index contributed by atoms with van der Waals surface area (Å²) in [6.45, 7) is 1.65. The molecule has 2 aliphatic heterocycles. The fraction of sp³-hybridized carbons (Fsp3) is 0.263. The fourth-order valence-corrected chi connectivity index (χ4v) is 3.40. The van der Waals surface area contributed by atoms with Gasteiger partial charge in [-0.05, 0) is 43.2 Å². The van der Waals surface area contributed by atoms with Crippen molar-refractivity contribution in [1.82, 2.24) is 4.90 Å². The number of anilines is 1. The number of ether oxygens (including phenoxy) is 2. The van der Waals surface area contributed by atoms with E-state index in [9.17, 15) is 9.59 Å². The molecule has 0 atom stereocenters. The van der Waals surface area contributed by atoms with Crippen molar-refractivity contribution in [3.05, 3.63) is 52.5 Å². The summed E-state index contributed by atoms with van der Waals surface area (Å²) in [6, 6.07) is 10.1. The highest BCUT2D eigenvalue weighted by molar-refractivity contribution is 6.32. The van der Waals surface area contributed by atoms with Gasteiger partial charge in [0.05, 0.1) is 5.02 Å². The highest BCUT2D eigenvalue weighted by Crippen LogP contribution is 2.39. The number of nitrogens with one attached hydrogen (secondary N) is 1. The largest absolute Gasteiger partial charge is 0.454 e. The van der Waals surface area contributed by atoms with Crippen LogP contribution in [-0.2, 0) is 0 Å². The van der Waals surface area contributed by atoms with Crippen LogP contribution < -0.4 is 14.8 Å². The van der Waals surface area contributed by atoms with Crippen LogP contribution in [0, 0.1) is 0 Å². The topological polar surface area (TPSA) is 67.9 Å². The minimum Gasteiger partial charge on any atom is -0.454 e. The van der Waals surface area contributed by atoms with Crippen LogP contribution in [-0.4, -0.2) is 36.6 Å². The summed E-state index contributed by atoms with van der Waals surface area (Å²) in [5, 5.41) is 3.12. The van der Waals surface area contributed by atoms with Crippen molar-refractivity contribution in [2.75, 3.05) is 25.2 Å². The van der Waals surface area contributed by atoms with E-state index in [0.717, 1.165) is 25.9 Å². The maximum atomic E-state index is 12.5. The van der Waals surface area contributed by atoms with Gasteiger partial charge in [-0.25, -0.2) is 0 Å². The van der Waals surface area contributed by atoms with E-state index >= 15 is 0 Å². The predicted octanol–water partition coefficient (Wildman–Crippen LogP) is 3.56. The number of hydrogen-bond acceptors (Lipinski definition) is 4. The third kappa shape index (κ3) is 3.20. The Labute approximate surface area is 155 Å². The highest BCUT2D eigenvalue weighted by Gasteiger charge is 2.22. The van der Waals surface area contributed by atoms with Crippen molar-refractivity contribution >= 4 is 29.1 Å². The van der Waals surface area contributed by atoms with Crippen LogP contribution in [0.4, 0.5) is 5.69 Å². The molecular weight excluding hydrogens is 356 g/mol. The summed E-state index contributed by atoms with van der Waals surface area (Å²) < 4.78 is 10.5. The van der Waals surface area contributed by atoms with Crippen LogP contribution in [0.3, 0.4) is 0 Å². The van der Waals surface area contributed by atoms with Gasteiger partial charge in [-0.15, -0.1) is 0 Å². The Kier molecular flexibility index (Phi) is 4.42. The van der Waals surface area contributed by atoms with E-state index in [1.54, 1.807) is 30.3 Å². The number of amides is 2. The molecule has 2 heterocycles. The van der Waals surface area contributed by atoms with Crippen molar-refractivity contribution in [1.29, 1.82) is 0 Å². The second kappa shape index (κ2) is 6.88. The van der Waals surface area contributed by atoms with Gasteiger partial charge in [0.15, 0.2) is 11.5 Å². The average Bonchev–Trinajstić information content (AvgIpc) is 3.33. The Hall–Kier alpha value is -2.73. The number of halogens is 1. The standard InChI is InChI=1S/C19H17ClN2O4/c20-15-9-13(10-16-17(15)26-11-25-16)18(23)21-14-5-3-4-12(8-14)19(24)22-6-1-2-7-22/h3-5,8-10H,1-2,6-7,11H2,(H,21,23). The molecule has 0 radical (unpaired) electrons. The maximum Gasteiger partial charge on any atom is 0.255 e. The summed E-state index contributed by atoms with van der Waals surface area (Å²) >= 11 is 6.13. The summed E-state index contributed by atoms with van der Waals surface area (Å²) in [5.74, 6) is 0.544. The third-order valence-corrected chi connectivity index (χ3v) is 4.73. The van der Waals surface area contributed by atoms with Gasteiger partial charge in [-0.2, -0.15) is 0 Å². The predicted molar refractivity (Wildman–Crippen MR) is 97.1 cm³/mol. The van der Waals surface area contributed by atoms with E-state index in [1.165, 1.54) is 6.07 Å². The summed E-state index contributed by atoms with van der Waals surface area (Å²) in [6.07, 6.45) is 2.07. The smallest absolute Gasteiger partial charge is 0.255 e. The number of likely N-dealkylation sites (tertiary alicyclic amines) is 1. The molecule has 0 bridgehead atoms. The molecule has 0 aromatic heterocycles. The minimum absolute atomic E-state index is 0.00952. The SMILES string of the molecule is O=C(Nc1cccc(C(=O)N2CCCC2)c1)c1cc(Cl)c2c(c1)OCO2. The average molecular weight is 373 g/mol. The molecule has 6 nitrogen and oxygen atoms in total. The minimum atomic E-state index is -0.337. The first kappa shape index (κ1) is 16.7. The van der Waals surface area contributed by atoms with Crippen LogP contribution >= 0.6 is 11.6 Å². The summed E-state index contributed by atoms with van der Waals surface area (Å²) in [7, 11) is 0. The lowest BCUT2D eigenvalue weighted by molar-refractivity contribution is 0.0792. The van der Waals surface area contributed by atoms with Gasteiger partial charge in [0.1, 0.15) is 0 Å². The first-order chi connectivity index (χ1) is 12.6. The Morgan fingerprint density at radius 1 is 1.04 bits per heavy atom. The molecule has 1 saturated heterocycles. The molecule has 0 unspecified atom stereocenters. The molecule has 2 aromatic carbocycles. The van der Waals surface area contributed by atoms with Crippen molar-refractivity contribution in [3.63, 3.8) is 0 Å². The second-order valence-corrected chi connectivity index (χ2v) is 6.63. The zero-order valence-corrected chi connectivity index (χ0v) is 14.7. The Bertz CT molecular complexity index is 878. The van der Waals surface area contributed by atoms with Crippen molar-refractivity contribution in [2.24, 2.45) is 0 Å². The van der Waals surface area contributed by atoms with E-state index in [2.05, 4.69) is 5.32 Å². The van der Waals surface area contributed by atoms with Gasteiger partial charge in [0.2, 0.25) is 6.79 Å². The van der Waals surface area contributed by atoms with Gasteiger partial charge in [0, 0.05) is 29.9 Å². The Morgan fingerprint density at radius 3 is 2.65 bits per heavy atom. The van der Waals surface area contributed by atoms with Gasteiger partial charge in [-0.1, -0.05) is 17.7 Å². The monoisotopic (exact) mass is 372 g/mol. The number of hydrogen-bond donors (Lipinski definition) is 1. The molecule has 2 aliphatic rings. The fourth-order valence-electron chi connectivity index (χ4n) is 3.13. The van der Waals surface area contributed by atoms with E-state index in [1.807, 2.05) is 4.90 Å². The first-order valence-corrected chi connectivity index (χ1v) is 8.79. The lowest BCUT2D eigenvalue weighted by Gasteiger charge is -2.16. The number of nitrogens with zero attached hydrogens (tertiary/aromatic N) is 1. The number of benzene rings is 2. The van der Waals surface area contributed by atoms with Gasteiger partial charge < -0.3 is 19.7 Å². The third-order valence-electron chi connectivity index (χ3n) is 4.45. The van der Waals surface area contributed by atoms with E-state index < -0.39 is 0 Å². The molecule has 4 rings (SSSR count). The molecule has 26 heavy (non-hydrogen) atoms. The summed E-state index contributed by atoms with van der Waals surface area (Å²) in [5.41, 5.74) is 1.47. The van der Waals surface area contributed by atoms with E-state index in [0.29, 0.717) is 33.3 Å². The van der Waals surface area contributed by atoms with Crippen LogP contribution in [0.5, 0.6) is 11.5 Å². The van der Waals surface area contributed by atoms with Crippen molar-refractivity contribution in [2.45, 2.75) is 12.8 Å². The van der Waals surface area contributed by atoms with E-state index in [-0.39, 0.29) is 18.6 Å². The maximum absolute atomic E-state index is 12.5. The number of carbonyl (C=O) groups excluding carboxylic acids is 2. The molecule has 0 aliphatic carbocycles. The molecule has 1 fully saturated rings. The molecule has 134 valence electrons. The highest BCUT2D eigenvalue weighted by atomic mass is 35.5. The molecular formula is C19H17ClN2O4. The lowest BCUT2D eigenvalue weighted by Crippen LogP contribution is -2.27. The van der Waals surface area contributed by atoms with Crippen LogP contribution in [0.2, 0.25) is 5.02 Å². The van der Waals surface area contributed by atoms with Gasteiger partial charge in [-0.3, -0.25) is 9.59 Å². The molecule has 1 N–H and O–H groups in total. The molecule has 7 heteroatoms. The van der Waals surface area contributed by atoms with Crippen LogP contribution in [0.25, 0.3) is 0 Å². The molecule has 2 amide bonds. The molecule has 2 aromatic rings. The van der Waals surface area contributed by atoms with Gasteiger partial charge >= 0.3 is 0 Å². The normalized spacial score (nSPS) is 15.2. The number of fused-ring (bicyclic) bond motifs is 1. The van der Waals surface area contributed by atoms with Crippen molar-refractivity contribution in [3.8, 4) is 11.5 Å². The molecule has 0 saturated carbocycles.